The first-order valence-electron chi connectivity index (χ1n) is 6.91. The van der Waals surface area contributed by atoms with Gasteiger partial charge in [0.1, 0.15) is 11.5 Å². The molecule has 0 unspecified atom stereocenters. The lowest BCUT2D eigenvalue weighted by molar-refractivity contribution is 0.0365. The molecule has 0 fully saturated rings. The lowest BCUT2D eigenvalue weighted by atomic mass is 10.1. The molecule has 4 nitrogen and oxygen atoms in total. The van der Waals surface area contributed by atoms with Crippen molar-refractivity contribution in [3.8, 4) is 0 Å². The monoisotopic (exact) mass is 322 g/mol. The largest absolute Gasteiger partial charge is 0.389 e. The van der Waals surface area contributed by atoms with Gasteiger partial charge in [0.15, 0.2) is 0 Å². The average molecular weight is 322 g/mol. The third-order valence-corrected chi connectivity index (χ3v) is 3.83. The topological polar surface area (TPSA) is 53.4 Å². The predicted octanol–water partition coefficient (Wildman–Crippen LogP) is 2.72. The first kappa shape index (κ1) is 16.6. The van der Waals surface area contributed by atoms with Crippen molar-refractivity contribution in [3.05, 3.63) is 51.7 Å². The van der Waals surface area contributed by atoms with Gasteiger partial charge in [-0.1, -0.05) is 12.1 Å². The molecule has 0 atom stereocenters. The molecule has 1 aromatic carbocycles. The number of rotatable bonds is 5. The Bertz CT molecular complexity index is 664. The van der Waals surface area contributed by atoms with Crippen molar-refractivity contribution in [2.75, 3.05) is 13.6 Å². The number of carbonyl (C=O) groups excluding carboxylic acids is 1. The number of carbonyl (C=O) groups is 1. The molecule has 0 aliphatic carbocycles. The summed E-state index contributed by atoms with van der Waals surface area (Å²) >= 11 is 1.37. The molecule has 0 spiro atoms. The van der Waals surface area contributed by atoms with E-state index < -0.39 is 5.60 Å². The van der Waals surface area contributed by atoms with E-state index in [0.29, 0.717) is 12.1 Å². The number of hydrogen-bond donors (Lipinski definition) is 1. The fourth-order valence-electron chi connectivity index (χ4n) is 2.16. The lowest BCUT2D eigenvalue weighted by Gasteiger charge is -2.24. The van der Waals surface area contributed by atoms with Crippen LogP contribution < -0.4 is 0 Å². The first-order chi connectivity index (χ1) is 10.2. The normalized spacial score (nSPS) is 11.5. The zero-order valence-electron chi connectivity index (χ0n) is 12.8. The number of aromatic nitrogens is 1. The molecule has 1 N–H and O–H groups in total. The van der Waals surface area contributed by atoms with Crippen LogP contribution in [0.2, 0.25) is 0 Å². The molecule has 2 rings (SSSR count). The van der Waals surface area contributed by atoms with Crippen LogP contribution in [0.5, 0.6) is 0 Å². The minimum atomic E-state index is -0.954. The molecule has 0 bridgehead atoms. The summed E-state index contributed by atoms with van der Waals surface area (Å²) in [6.07, 6.45) is 0.491. The Balaban J connectivity index is 2.06. The Morgan fingerprint density at radius 3 is 2.82 bits per heavy atom. The van der Waals surface area contributed by atoms with Crippen molar-refractivity contribution in [2.45, 2.75) is 25.9 Å². The van der Waals surface area contributed by atoms with E-state index in [1.54, 1.807) is 32.3 Å². The first-order valence-corrected chi connectivity index (χ1v) is 7.79. The zero-order valence-corrected chi connectivity index (χ0v) is 13.7. The van der Waals surface area contributed by atoms with E-state index in [1.807, 2.05) is 6.07 Å². The minimum absolute atomic E-state index is 0.225. The van der Waals surface area contributed by atoms with Gasteiger partial charge < -0.3 is 10.0 Å². The van der Waals surface area contributed by atoms with E-state index in [-0.39, 0.29) is 18.3 Å². The average Bonchev–Trinajstić information content (AvgIpc) is 2.84. The molecular weight excluding hydrogens is 303 g/mol. The standard InChI is InChI=1S/C16H19FN2O2S/c1-16(2,21)10-19(3)15(20)13-9-22-14(18-13)8-11-5-4-6-12(17)7-11/h4-7,9,21H,8,10H2,1-3H3. The predicted molar refractivity (Wildman–Crippen MR) is 84.6 cm³/mol. The maximum atomic E-state index is 13.2. The maximum Gasteiger partial charge on any atom is 0.273 e. The molecule has 22 heavy (non-hydrogen) atoms. The van der Waals surface area contributed by atoms with Gasteiger partial charge in [-0.25, -0.2) is 9.37 Å². The van der Waals surface area contributed by atoms with Crippen LogP contribution >= 0.6 is 11.3 Å². The van der Waals surface area contributed by atoms with Gasteiger partial charge in [-0.05, 0) is 31.5 Å². The van der Waals surface area contributed by atoms with Gasteiger partial charge in [-0.2, -0.15) is 0 Å². The molecule has 0 aliphatic rings. The molecular formula is C16H19FN2O2S. The van der Waals surface area contributed by atoms with Gasteiger partial charge in [0, 0.05) is 25.4 Å². The number of nitrogens with zero attached hydrogens (tertiary/aromatic N) is 2. The third kappa shape index (κ3) is 4.61. The number of aliphatic hydroxyl groups is 1. The molecule has 0 saturated carbocycles. The molecule has 1 amide bonds. The highest BCUT2D eigenvalue weighted by Gasteiger charge is 2.22. The van der Waals surface area contributed by atoms with Gasteiger partial charge in [0.05, 0.1) is 10.6 Å². The summed E-state index contributed by atoms with van der Waals surface area (Å²) in [5.74, 6) is -0.515. The highest BCUT2D eigenvalue weighted by atomic mass is 32.1. The van der Waals surface area contributed by atoms with E-state index in [9.17, 15) is 14.3 Å². The Kier molecular flexibility index (Phi) is 4.93. The highest BCUT2D eigenvalue weighted by Crippen LogP contribution is 2.17. The van der Waals surface area contributed by atoms with Gasteiger partial charge in [-0.3, -0.25) is 4.79 Å². The number of hydrogen-bond acceptors (Lipinski definition) is 4. The molecule has 1 heterocycles. The lowest BCUT2D eigenvalue weighted by Crippen LogP contribution is -2.39. The van der Waals surface area contributed by atoms with Crippen molar-refractivity contribution in [2.24, 2.45) is 0 Å². The van der Waals surface area contributed by atoms with Crippen LogP contribution in [0.1, 0.15) is 34.9 Å². The minimum Gasteiger partial charge on any atom is -0.389 e. The Labute approximate surface area is 133 Å². The maximum absolute atomic E-state index is 13.2. The number of benzene rings is 1. The van der Waals surface area contributed by atoms with Crippen LogP contribution in [0.4, 0.5) is 4.39 Å². The number of thiazole rings is 1. The van der Waals surface area contributed by atoms with Crippen molar-refractivity contribution in [1.29, 1.82) is 0 Å². The zero-order chi connectivity index (χ0) is 16.3. The molecule has 6 heteroatoms. The highest BCUT2D eigenvalue weighted by molar-refractivity contribution is 7.09. The molecule has 0 aliphatic heterocycles. The van der Waals surface area contributed by atoms with Crippen LogP contribution in [0.25, 0.3) is 0 Å². The summed E-state index contributed by atoms with van der Waals surface area (Å²) in [6.45, 7) is 3.52. The smallest absolute Gasteiger partial charge is 0.273 e. The summed E-state index contributed by atoms with van der Waals surface area (Å²) in [4.78, 5) is 18.0. The van der Waals surface area contributed by atoms with Crippen LogP contribution in [0.3, 0.4) is 0 Å². The second-order valence-corrected chi connectivity index (χ2v) is 6.85. The number of amides is 1. The Morgan fingerprint density at radius 1 is 1.45 bits per heavy atom. The fraction of sp³-hybridized carbons (Fsp3) is 0.375. The van der Waals surface area contributed by atoms with Gasteiger partial charge in [0.2, 0.25) is 0 Å². The van der Waals surface area contributed by atoms with Gasteiger partial charge >= 0.3 is 0 Å². The van der Waals surface area contributed by atoms with Crippen molar-refractivity contribution in [3.63, 3.8) is 0 Å². The summed E-state index contributed by atoms with van der Waals surface area (Å²) in [6, 6.07) is 6.34. The quantitative estimate of drug-likeness (QED) is 0.921. The summed E-state index contributed by atoms with van der Waals surface area (Å²) in [7, 11) is 1.63. The van der Waals surface area contributed by atoms with Crippen LogP contribution in [0.15, 0.2) is 29.6 Å². The Hall–Kier alpha value is -1.79. The van der Waals surface area contributed by atoms with Crippen LogP contribution in [-0.4, -0.2) is 40.1 Å². The molecule has 118 valence electrons. The van der Waals surface area contributed by atoms with Gasteiger partial charge in [-0.15, -0.1) is 11.3 Å². The number of halogens is 1. The Morgan fingerprint density at radius 2 is 2.18 bits per heavy atom. The molecule has 0 radical (unpaired) electrons. The van der Waals surface area contributed by atoms with Crippen molar-refractivity contribution in [1.82, 2.24) is 9.88 Å². The molecule has 1 aromatic heterocycles. The van der Waals surface area contributed by atoms with E-state index in [1.165, 1.54) is 28.4 Å². The van der Waals surface area contributed by atoms with Crippen molar-refractivity contribution < 1.29 is 14.3 Å². The second-order valence-electron chi connectivity index (χ2n) is 5.91. The molecule has 2 aromatic rings. The van der Waals surface area contributed by atoms with E-state index >= 15 is 0 Å². The summed E-state index contributed by atoms with van der Waals surface area (Å²) in [5, 5.41) is 12.2. The van der Waals surface area contributed by atoms with Crippen molar-refractivity contribution >= 4 is 17.2 Å². The van der Waals surface area contributed by atoms with E-state index in [4.69, 9.17) is 0 Å². The van der Waals surface area contributed by atoms with Crippen LogP contribution in [0, 0.1) is 5.82 Å². The molecule has 0 saturated heterocycles. The SMILES string of the molecule is CN(CC(C)(C)O)C(=O)c1csc(Cc2cccc(F)c2)n1. The summed E-state index contributed by atoms with van der Waals surface area (Å²) < 4.78 is 13.2. The fourth-order valence-corrected chi connectivity index (χ4v) is 2.96. The second kappa shape index (κ2) is 6.54. The van der Waals surface area contributed by atoms with E-state index in [2.05, 4.69) is 4.98 Å². The van der Waals surface area contributed by atoms with E-state index in [0.717, 1.165) is 10.6 Å². The number of likely N-dealkylation sites (N-methyl/N-ethyl adjacent to an activating group) is 1. The third-order valence-electron chi connectivity index (χ3n) is 2.99. The summed E-state index contributed by atoms with van der Waals surface area (Å²) in [5.41, 5.74) is 0.214. The van der Waals surface area contributed by atoms with Gasteiger partial charge in [0.25, 0.3) is 5.91 Å². The van der Waals surface area contributed by atoms with Crippen LogP contribution in [-0.2, 0) is 6.42 Å².